The van der Waals surface area contributed by atoms with Crippen LogP contribution >= 0.6 is 0 Å². The lowest BCUT2D eigenvalue weighted by Gasteiger charge is -2.05. The lowest BCUT2D eigenvalue weighted by molar-refractivity contribution is 0.276. The fraction of sp³-hybridized carbons (Fsp3) is 0.308. The summed E-state index contributed by atoms with van der Waals surface area (Å²) in [5.74, 6) is 1.64. The van der Waals surface area contributed by atoms with Crippen molar-refractivity contribution in [2.24, 2.45) is 0 Å². The normalized spacial score (nSPS) is 10.6. The molecule has 1 heterocycles. The molecule has 4 heteroatoms. The third-order valence-electron chi connectivity index (χ3n) is 2.80. The molecular weight excluding hydrogens is 216 g/mol. The standard InChI is InChI=1S/C13H16N2O2/c1-8-6-10(4-5-12(8)17-3)13-14-9(2)11(7-16)15-13/h4-6,16H,7H2,1-3H3,(H,14,15). The molecule has 4 nitrogen and oxygen atoms in total. The zero-order chi connectivity index (χ0) is 12.4. The van der Waals surface area contributed by atoms with Gasteiger partial charge in [0.1, 0.15) is 11.6 Å². The number of nitrogens with one attached hydrogen (secondary N) is 1. The van der Waals surface area contributed by atoms with Crippen LogP contribution in [0.4, 0.5) is 0 Å². The van der Waals surface area contributed by atoms with Gasteiger partial charge in [0, 0.05) is 11.3 Å². The van der Waals surface area contributed by atoms with Crippen LogP contribution in [0, 0.1) is 13.8 Å². The average Bonchev–Trinajstić information content (AvgIpc) is 2.70. The Morgan fingerprint density at radius 1 is 1.35 bits per heavy atom. The Kier molecular flexibility index (Phi) is 3.15. The Balaban J connectivity index is 2.42. The van der Waals surface area contributed by atoms with Gasteiger partial charge in [0.05, 0.1) is 19.4 Å². The fourth-order valence-electron chi connectivity index (χ4n) is 1.81. The van der Waals surface area contributed by atoms with E-state index in [2.05, 4.69) is 9.97 Å². The number of ether oxygens (including phenoxy) is 1. The number of aryl methyl sites for hydroxylation is 2. The molecule has 0 fully saturated rings. The molecule has 0 aliphatic rings. The highest BCUT2D eigenvalue weighted by molar-refractivity contribution is 5.59. The summed E-state index contributed by atoms with van der Waals surface area (Å²) in [6, 6.07) is 5.88. The van der Waals surface area contributed by atoms with Crippen molar-refractivity contribution in [2.75, 3.05) is 7.11 Å². The number of benzene rings is 1. The van der Waals surface area contributed by atoms with E-state index in [1.165, 1.54) is 0 Å². The zero-order valence-electron chi connectivity index (χ0n) is 10.2. The van der Waals surface area contributed by atoms with Crippen molar-refractivity contribution in [2.45, 2.75) is 20.5 Å². The predicted octanol–water partition coefficient (Wildman–Crippen LogP) is 2.19. The van der Waals surface area contributed by atoms with Crippen molar-refractivity contribution in [1.29, 1.82) is 0 Å². The van der Waals surface area contributed by atoms with E-state index >= 15 is 0 Å². The Labute approximate surface area is 100 Å². The Morgan fingerprint density at radius 2 is 2.12 bits per heavy atom. The van der Waals surface area contributed by atoms with E-state index in [4.69, 9.17) is 9.84 Å². The highest BCUT2D eigenvalue weighted by atomic mass is 16.5. The highest BCUT2D eigenvalue weighted by Gasteiger charge is 2.08. The first-order valence-corrected chi connectivity index (χ1v) is 5.47. The number of aliphatic hydroxyl groups excluding tert-OH is 1. The van der Waals surface area contributed by atoms with E-state index in [0.29, 0.717) is 5.69 Å². The van der Waals surface area contributed by atoms with Crippen molar-refractivity contribution in [3.8, 4) is 17.1 Å². The summed E-state index contributed by atoms with van der Waals surface area (Å²) in [5.41, 5.74) is 3.64. The molecule has 0 atom stereocenters. The minimum absolute atomic E-state index is 0.0442. The quantitative estimate of drug-likeness (QED) is 0.852. The number of imidazole rings is 1. The van der Waals surface area contributed by atoms with Gasteiger partial charge in [-0.05, 0) is 37.6 Å². The van der Waals surface area contributed by atoms with Crippen LogP contribution in [-0.4, -0.2) is 22.2 Å². The number of methoxy groups -OCH3 is 1. The number of aliphatic hydroxyl groups is 1. The van der Waals surface area contributed by atoms with Crippen molar-refractivity contribution in [1.82, 2.24) is 9.97 Å². The Morgan fingerprint density at radius 3 is 2.65 bits per heavy atom. The Hall–Kier alpha value is -1.81. The van der Waals surface area contributed by atoms with Gasteiger partial charge in [-0.25, -0.2) is 4.98 Å². The predicted molar refractivity (Wildman–Crippen MR) is 66.0 cm³/mol. The van der Waals surface area contributed by atoms with Gasteiger partial charge in [-0.2, -0.15) is 0 Å². The van der Waals surface area contributed by atoms with E-state index < -0.39 is 0 Å². The summed E-state index contributed by atoms with van der Waals surface area (Å²) >= 11 is 0. The van der Waals surface area contributed by atoms with Crippen LogP contribution in [0.2, 0.25) is 0 Å². The molecule has 0 saturated heterocycles. The van der Waals surface area contributed by atoms with E-state index in [-0.39, 0.29) is 6.61 Å². The summed E-state index contributed by atoms with van der Waals surface area (Å²) in [4.78, 5) is 7.51. The van der Waals surface area contributed by atoms with Gasteiger partial charge in [-0.1, -0.05) is 0 Å². The smallest absolute Gasteiger partial charge is 0.137 e. The van der Waals surface area contributed by atoms with Crippen molar-refractivity contribution in [3.05, 3.63) is 35.2 Å². The van der Waals surface area contributed by atoms with E-state index in [1.807, 2.05) is 32.0 Å². The first-order chi connectivity index (χ1) is 8.15. The molecule has 0 aliphatic heterocycles. The van der Waals surface area contributed by atoms with Gasteiger partial charge in [0.2, 0.25) is 0 Å². The van der Waals surface area contributed by atoms with Gasteiger partial charge in [-0.15, -0.1) is 0 Å². The topological polar surface area (TPSA) is 58.1 Å². The first kappa shape index (κ1) is 11.7. The maximum Gasteiger partial charge on any atom is 0.137 e. The molecule has 0 unspecified atom stereocenters. The molecule has 90 valence electrons. The lowest BCUT2D eigenvalue weighted by Crippen LogP contribution is -1.89. The molecule has 17 heavy (non-hydrogen) atoms. The number of hydrogen-bond acceptors (Lipinski definition) is 3. The highest BCUT2D eigenvalue weighted by Crippen LogP contribution is 2.24. The van der Waals surface area contributed by atoms with Crippen molar-refractivity contribution in [3.63, 3.8) is 0 Å². The summed E-state index contributed by atoms with van der Waals surface area (Å²) in [6.45, 7) is 3.85. The molecule has 1 aromatic heterocycles. The molecule has 0 aliphatic carbocycles. The third-order valence-corrected chi connectivity index (χ3v) is 2.80. The number of aromatic nitrogens is 2. The number of H-pyrrole nitrogens is 1. The molecule has 0 bridgehead atoms. The molecule has 0 saturated carbocycles. The Bertz CT molecular complexity index is 532. The second-order valence-corrected chi connectivity index (χ2v) is 4.00. The van der Waals surface area contributed by atoms with Crippen LogP contribution in [0.3, 0.4) is 0 Å². The summed E-state index contributed by atoms with van der Waals surface area (Å²) in [5, 5.41) is 9.11. The molecule has 0 amide bonds. The van der Waals surface area contributed by atoms with Crippen molar-refractivity contribution >= 4 is 0 Å². The van der Waals surface area contributed by atoms with Gasteiger partial charge in [0.15, 0.2) is 0 Å². The molecule has 0 radical (unpaired) electrons. The van der Waals surface area contributed by atoms with E-state index in [0.717, 1.165) is 28.4 Å². The minimum Gasteiger partial charge on any atom is -0.496 e. The van der Waals surface area contributed by atoms with Crippen LogP contribution in [-0.2, 0) is 6.61 Å². The molecule has 1 aromatic carbocycles. The first-order valence-electron chi connectivity index (χ1n) is 5.47. The second kappa shape index (κ2) is 4.59. The number of rotatable bonds is 3. The molecular formula is C13H16N2O2. The molecule has 0 spiro atoms. The fourth-order valence-corrected chi connectivity index (χ4v) is 1.81. The molecule has 2 N–H and O–H groups in total. The maximum absolute atomic E-state index is 9.11. The van der Waals surface area contributed by atoms with Gasteiger partial charge >= 0.3 is 0 Å². The zero-order valence-corrected chi connectivity index (χ0v) is 10.2. The summed E-state index contributed by atoms with van der Waals surface area (Å²) in [6.07, 6.45) is 0. The van der Waals surface area contributed by atoms with Crippen LogP contribution in [0.1, 0.15) is 17.0 Å². The minimum atomic E-state index is -0.0442. The van der Waals surface area contributed by atoms with Gasteiger partial charge in [0.25, 0.3) is 0 Å². The number of aromatic amines is 1. The third kappa shape index (κ3) is 2.17. The number of hydrogen-bond donors (Lipinski definition) is 2. The van der Waals surface area contributed by atoms with E-state index in [9.17, 15) is 0 Å². The summed E-state index contributed by atoms with van der Waals surface area (Å²) in [7, 11) is 1.66. The van der Waals surface area contributed by atoms with Gasteiger partial charge in [-0.3, -0.25) is 0 Å². The lowest BCUT2D eigenvalue weighted by atomic mass is 10.1. The van der Waals surface area contributed by atoms with Crippen LogP contribution in [0.25, 0.3) is 11.4 Å². The SMILES string of the molecule is COc1ccc(-c2nc(CO)c(C)[nH]2)cc1C. The molecule has 2 rings (SSSR count). The van der Waals surface area contributed by atoms with Crippen LogP contribution in [0.5, 0.6) is 5.75 Å². The van der Waals surface area contributed by atoms with Crippen LogP contribution < -0.4 is 4.74 Å². The monoisotopic (exact) mass is 232 g/mol. The maximum atomic E-state index is 9.11. The van der Waals surface area contributed by atoms with Gasteiger partial charge < -0.3 is 14.8 Å². The van der Waals surface area contributed by atoms with E-state index in [1.54, 1.807) is 7.11 Å². The largest absolute Gasteiger partial charge is 0.496 e. The average molecular weight is 232 g/mol. The second-order valence-electron chi connectivity index (χ2n) is 4.00. The number of nitrogens with zero attached hydrogens (tertiary/aromatic N) is 1. The van der Waals surface area contributed by atoms with Crippen molar-refractivity contribution < 1.29 is 9.84 Å². The molecule has 2 aromatic rings. The van der Waals surface area contributed by atoms with Crippen LogP contribution in [0.15, 0.2) is 18.2 Å². The summed E-state index contributed by atoms with van der Waals surface area (Å²) < 4.78 is 5.22.